The first kappa shape index (κ1) is 12.0. The van der Waals surface area contributed by atoms with Gasteiger partial charge in [0.1, 0.15) is 0 Å². The lowest BCUT2D eigenvalue weighted by atomic mass is 9.73. The van der Waals surface area contributed by atoms with Crippen LogP contribution in [0.1, 0.15) is 59.3 Å². The fraction of sp³-hybridized carbons (Fsp3) is 1.00. The molecule has 1 rings (SSSR count). The number of rotatable bonds is 5. The van der Waals surface area contributed by atoms with Crippen molar-refractivity contribution in [2.45, 2.75) is 65.3 Å². The average Bonchev–Trinajstić information content (AvgIpc) is 2.63. The Morgan fingerprint density at radius 3 is 2.21 bits per heavy atom. The zero-order valence-corrected chi connectivity index (χ0v) is 9.97. The summed E-state index contributed by atoms with van der Waals surface area (Å²) in [6, 6.07) is 0.523. The Balaban J connectivity index is 2.63. The van der Waals surface area contributed by atoms with Crippen molar-refractivity contribution in [3.63, 3.8) is 0 Å². The van der Waals surface area contributed by atoms with Crippen LogP contribution in [0.5, 0.6) is 0 Å². The van der Waals surface area contributed by atoms with Gasteiger partial charge in [0.05, 0.1) is 0 Å². The van der Waals surface area contributed by atoms with E-state index in [1.54, 1.807) is 0 Å². The second-order valence-corrected chi connectivity index (χ2v) is 5.27. The first-order chi connectivity index (χ1) is 6.64. The highest BCUT2D eigenvalue weighted by molar-refractivity contribution is 4.93. The molecule has 2 heteroatoms. The minimum Gasteiger partial charge on any atom is -0.271 e. The molecule has 0 aliphatic heterocycles. The van der Waals surface area contributed by atoms with Gasteiger partial charge in [0.2, 0.25) is 0 Å². The molecule has 1 fully saturated rings. The van der Waals surface area contributed by atoms with E-state index in [0.29, 0.717) is 11.5 Å². The van der Waals surface area contributed by atoms with Gasteiger partial charge in [-0.15, -0.1) is 0 Å². The Hall–Kier alpha value is -0.0800. The Bertz CT molecular complexity index is 160. The van der Waals surface area contributed by atoms with Gasteiger partial charge < -0.3 is 0 Å². The third kappa shape index (κ3) is 2.48. The fourth-order valence-corrected chi connectivity index (χ4v) is 2.99. The predicted octanol–water partition coefficient (Wildman–Crippen LogP) is 2.83. The zero-order chi connectivity index (χ0) is 10.6. The van der Waals surface area contributed by atoms with E-state index in [1.807, 2.05) is 0 Å². The van der Waals surface area contributed by atoms with Crippen molar-refractivity contribution in [3.8, 4) is 0 Å². The standard InChI is InChI=1S/C12H26N2/c1-4-12(7-5-6-8-12)11(14-13)9-10(2)3/h10-11,14H,4-9,13H2,1-3H3. The minimum absolute atomic E-state index is 0.499. The van der Waals surface area contributed by atoms with Crippen LogP contribution in [0.4, 0.5) is 0 Å². The van der Waals surface area contributed by atoms with Crippen molar-refractivity contribution in [3.05, 3.63) is 0 Å². The van der Waals surface area contributed by atoms with E-state index in [2.05, 4.69) is 26.2 Å². The highest BCUT2D eigenvalue weighted by Crippen LogP contribution is 2.45. The second-order valence-electron chi connectivity index (χ2n) is 5.27. The first-order valence-corrected chi connectivity index (χ1v) is 6.10. The van der Waals surface area contributed by atoms with E-state index in [4.69, 9.17) is 5.84 Å². The monoisotopic (exact) mass is 198 g/mol. The van der Waals surface area contributed by atoms with Crippen LogP contribution in [0, 0.1) is 11.3 Å². The molecular formula is C12H26N2. The summed E-state index contributed by atoms with van der Waals surface area (Å²) < 4.78 is 0. The molecule has 2 nitrogen and oxygen atoms in total. The Labute approximate surface area is 88.6 Å². The summed E-state index contributed by atoms with van der Waals surface area (Å²) in [6.45, 7) is 6.88. The first-order valence-electron chi connectivity index (χ1n) is 6.10. The van der Waals surface area contributed by atoms with E-state index < -0.39 is 0 Å². The van der Waals surface area contributed by atoms with Gasteiger partial charge in [0, 0.05) is 6.04 Å². The van der Waals surface area contributed by atoms with E-state index in [1.165, 1.54) is 38.5 Å². The molecule has 0 heterocycles. The quantitative estimate of drug-likeness (QED) is 0.526. The molecule has 0 amide bonds. The van der Waals surface area contributed by atoms with Crippen LogP contribution in [-0.4, -0.2) is 6.04 Å². The van der Waals surface area contributed by atoms with Gasteiger partial charge >= 0.3 is 0 Å². The summed E-state index contributed by atoms with van der Waals surface area (Å²) in [7, 11) is 0. The largest absolute Gasteiger partial charge is 0.271 e. The number of nitrogens with two attached hydrogens (primary N) is 1. The molecule has 1 saturated carbocycles. The van der Waals surface area contributed by atoms with Crippen LogP contribution in [0.2, 0.25) is 0 Å². The predicted molar refractivity (Wildman–Crippen MR) is 61.8 cm³/mol. The summed E-state index contributed by atoms with van der Waals surface area (Å²) in [4.78, 5) is 0. The van der Waals surface area contributed by atoms with Gasteiger partial charge in [-0.2, -0.15) is 0 Å². The average molecular weight is 198 g/mol. The van der Waals surface area contributed by atoms with Gasteiger partial charge in [0.15, 0.2) is 0 Å². The van der Waals surface area contributed by atoms with Crippen molar-refractivity contribution in [1.29, 1.82) is 0 Å². The van der Waals surface area contributed by atoms with E-state index >= 15 is 0 Å². The fourth-order valence-electron chi connectivity index (χ4n) is 2.99. The molecule has 1 aliphatic carbocycles. The smallest absolute Gasteiger partial charge is 0.0269 e. The van der Waals surface area contributed by atoms with Crippen LogP contribution >= 0.6 is 0 Å². The highest BCUT2D eigenvalue weighted by atomic mass is 15.2. The number of nitrogens with one attached hydrogen (secondary N) is 1. The lowest BCUT2D eigenvalue weighted by Gasteiger charge is -2.37. The highest BCUT2D eigenvalue weighted by Gasteiger charge is 2.39. The molecule has 0 aromatic rings. The molecule has 84 valence electrons. The van der Waals surface area contributed by atoms with Crippen molar-refractivity contribution in [2.75, 3.05) is 0 Å². The molecule has 1 aliphatic rings. The molecule has 0 aromatic carbocycles. The molecule has 1 unspecified atom stereocenters. The molecule has 0 spiro atoms. The summed E-state index contributed by atoms with van der Waals surface area (Å²) in [5.41, 5.74) is 3.57. The maximum absolute atomic E-state index is 5.71. The van der Waals surface area contributed by atoms with Crippen molar-refractivity contribution in [2.24, 2.45) is 17.2 Å². The normalized spacial score (nSPS) is 22.9. The molecule has 3 N–H and O–H groups in total. The Morgan fingerprint density at radius 2 is 1.86 bits per heavy atom. The third-order valence-electron chi connectivity index (χ3n) is 3.95. The van der Waals surface area contributed by atoms with Gasteiger partial charge in [-0.05, 0) is 37.0 Å². The third-order valence-corrected chi connectivity index (χ3v) is 3.95. The van der Waals surface area contributed by atoms with Crippen LogP contribution in [0.25, 0.3) is 0 Å². The molecule has 14 heavy (non-hydrogen) atoms. The number of hydrogen-bond acceptors (Lipinski definition) is 2. The molecular weight excluding hydrogens is 172 g/mol. The van der Waals surface area contributed by atoms with Crippen LogP contribution in [0.15, 0.2) is 0 Å². The van der Waals surface area contributed by atoms with E-state index in [9.17, 15) is 0 Å². The molecule has 0 radical (unpaired) electrons. The summed E-state index contributed by atoms with van der Waals surface area (Å²) >= 11 is 0. The van der Waals surface area contributed by atoms with Gasteiger partial charge in [0.25, 0.3) is 0 Å². The minimum atomic E-state index is 0.499. The maximum atomic E-state index is 5.71. The second kappa shape index (κ2) is 5.13. The lowest BCUT2D eigenvalue weighted by molar-refractivity contribution is 0.164. The summed E-state index contributed by atoms with van der Waals surface area (Å²) in [5, 5.41) is 0. The summed E-state index contributed by atoms with van der Waals surface area (Å²) in [5.74, 6) is 6.45. The number of hydrogen-bond donors (Lipinski definition) is 2. The SMILES string of the molecule is CCC1(C(CC(C)C)NN)CCCC1. The molecule has 0 saturated heterocycles. The van der Waals surface area contributed by atoms with Crippen LogP contribution in [-0.2, 0) is 0 Å². The number of hydrazine groups is 1. The van der Waals surface area contributed by atoms with E-state index in [-0.39, 0.29) is 0 Å². The molecule has 0 aromatic heterocycles. The Kier molecular flexibility index (Phi) is 4.39. The van der Waals surface area contributed by atoms with Gasteiger partial charge in [-0.1, -0.05) is 33.6 Å². The van der Waals surface area contributed by atoms with Crippen molar-refractivity contribution >= 4 is 0 Å². The van der Waals surface area contributed by atoms with Gasteiger partial charge in [-0.3, -0.25) is 11.3 Å². The van der Waals surface area contributed by atoms with Crippen LogP contribution < -0.4 is 11.3 Å². The van der Waals surface area contributed by atoms with Gasteiger partial charge in [-0.25, -0.2) is 0 Å². The van der Waals surface area contributed by atoms with E-state index in [0.717, 1.165) is 5.92 Å². The maximum Gasteiger partial charge on any atom is 0.0269 e. The molecule has 1 atom stereocenters. The van der Waals surface area contributed by atoms with Crippen molar-refractivity contribution in [1.82, 2.24) is 5.43 Å². The molecule has 0 bridgehead atoms. The van der Waals surface area contributed by atoms with Crippen molar-refractivity contribution < 1.29 is 0 Å². The lowest BCUT2D eigenvalue weighted by Crippen LogP contribution is -2.47. The zero-order valence-electron chi connectivity index (χ0n) is 9.97. The Morgan fingerprint density at radius 1 is 1.29 bits per heavy atom. The summed E-state index contributed by atoms with van der Waals surface area (Å²) in [6.07, 6.45) is 8.00. The van der Waals surface area contributed by atoms with Crippen LogP contribution in [0.3, 0.4) is 0 Å². The topological polar surface area (TPSA) is 38.0 Å².